The topological polar surface area (TPSA) is 60.4 Å². The van der Waals surface area contributed by atoms with Gasteiger partial charge in [-0.3, -0.25) is 8.98 Å². The molecule has 0 amide bonds. The third kappa shape index (κ3) is 3.16. The van der Waals surface area contributed by atoms with E-state index in [0.29, 0.717) is 18.1 Å². The summed E-state index contributed by atoms with van der Waals surface area (Å²) in [6.45, 7) is 4.45. The largest absolute Gasteiger partial charge is 0.299 e. The monoisotopic (exact) mass is 350 g/mol. The first kappa shape index (κ1) is 17.6. The fourth-order valence-electron chi connectivity index (χ4n) is 4.87. The van der Waals surface area contributed by atoms with E-state index >= 15 is 0 Å². The third-order valence-corrected chi connectivity index (χ3v) is 7.44. The van der Waals surface area contributed by atoms with Crippen LogP contribution in [0.15, 0.2) is 35.2 Å². The van der Waals surface area contributed by atoms with Gasteiger partial charge in [0.1, 0.15) is 5.78 Å². The number of carbonyl (C=O) groups excluding carboxylic acids is 1. The molecule has 2 saturated carbocycles. The van der Waals surface area contributed by atoms with Gasteiger partial charge in [0.2, 0.25) is 0 Å². The van der Waals surface area contributed by atoms with Gasteiger partial charge in [-0.05, 0) is 55.1 Å². The van der Waals surface area contributed by atoms with Crippen molar-refractivity contribution in [2.45, 2.75) is 50.8 Å². The fourth-order valence-corrected chi connectivity index (χ4v) is 5.89. The molecule has 24 heavy (non-hydrogen) atoms. The molecule has 2 fully saturated rings. The molecule has 0 bridgehead atoms. The van der Waals surface area contributed by atoms with Gasteiger partial charge in [-0.25, -0.2) is 0 Å². The second-order valence-electron chi connectivity index (χ2n) is 7.59. The molecule has 0 N–H and O–H groups in total. The van der Waals surface area contributed by atoms with E-state index in [9.17, 15) is 13.2 Å². The Bertz CT molecular complexity index is 697. The number of hydrogen-bond acceptors (Lipinski definition) is 4. The molecule has 1 aromatic carbocycles. The molecule has 1 aromatic rings. The molecule has 3 rings (SSSR count). The van der Waals surface area contributed by atoms with Gasteiger partial charge in [0.25, 0.3) is 10.1 Å². The zero-order valence-corrected chi connectivity index (χ0v) is 15.2. The van der Waals surface area contributed by atoms with Gasteiger partial charge >= 0.3 is 0 Å². The lowest BCUT2D eigenvalue weighted by Crippen LogP contribution is -2.40. The number of benzene rings is 1. The van der Waals surface area contributed by atoms with Crippen molar-refractivity contribution in [2.75, 3.05) is 6.61 Å². The summed E-state index contributed by atoms with van der Waals surface area (Å²) >= 11 is 0. The van der Waals surface area contributed by atoms with E-state index in [-0.39, 0.29) is 28.8 Å². The van der Waals surface area contributed by atoms with Crippen molar-refractivity contribution in [1.82, 2.24) is 0 Å². The van der Waals surface area contributed by atoms with E-state index < -0.39 is 10.1 Å². The van der Waals surface area contributed by atoms with Crippen LogP contribution in [-0.4, -0.2) is 20.8 Å². The van der Waals surface area contributed by atoms with Gasteiger partial charge in [-0.15, -0.1) is 0 Å². The van der Waals surface area contributed by atoms with Crippen LogP contribution in [0.4, 0.5) is 0 Å². The lowest BCUT2D eigenvalue weighted by atomic mass is 9.62. The average molecular weight is 350 g/mol. The summed E-state index contributed by atoms with van der Waals surface area (Å²) < 4.78 is 29.9. The molecule has 0 unspecified atom stereocenters. The zero-order valence-electron chi connectivity index (χ0n) is 14.4. The van der Waals surface area contributed by atoms with Crippen molar-refractivity contribution in [3.05, 3.63) is 30.3 Å². The number of fused-ring (bicyclic) bond motifs is 1. The molecule has 2 aliphatic carbocycles. The lowest BCUT2D eigenvalue weighted by molar-refractivity contribution is -0.130. The number of hydrogen-bond donors (Lipinski definition) is 0. The number of carbonyl (C=O) groups is 1. The highest BCUT2D eigenvalue weighted by molar-refractivity contribution is 7.86. The van der Waals surface area contributed by atoms with Crippen molar-refractivity contribution in [1.29, 1.82) is 0 Å². The molecule has 4 atom stereocenters. The van der Waals surface area contributed by atoms with Crippen LogP contribution in [0.25, 0.3) is 0 Å². The second kappa shape index (κ2) is 6.60. The smallest absolute Gasteiger partial charge is 0.296 e. The van der Waals surface area contributed by atoms with Gasteiger partial charge in [0.05, 0.1) is 11.5 Å². The van der Waals surface area contributed by atoms with Crippen molar-refractivity contribution in [3.63, 3.8) is 0 Å². The molecular formula is C19H26O4S. The van der Waals surface area contributed by atoms with Crippen LogP contribution in [0.1, 0.15) is 46.0 Å². The van der Waals surface area contributed by atoms with E-state index in [1.165, 1.54) is 0 Å². The predicted molar refractivity (Wildman–Crippen MR) is 91.9 cm³/mol. The summed E-state index contributed by atoms with van der Waals surface area (Å²) in [4.78, 5) is 12.4. The van der Waals surface area contributed by atoms with Crippen molar-refractivity contribution in [2.24, 2.45) is 23.2 Å². The van der Waals surface area contributed by atoms with E-state index in [1.807, 2.05) is 0 Å². The van der Waals surface area contributed by atoms with Crippen molar-refractivity contribution >= 4 is 15.9 Å². The Kier molecular flexibility index (Phi) is 4.85. The number of rotatable bonds is 5. The van der Waals surface area contributed by atoms with Crippen molar-refractivity contribution < 1.29 is 17.4 Å². The molecule has 0 aromatic heterocycles. The van der Waals surface area contributed by atoms with E-state index in [0.717, 1.165) is 25.7 Å². The van der Waals surface area contributed by atoms with Crippen LogP contribution in [0.2, 0.25) is 0 Å². The number of ketones is 1. The van der Waals surface area contributed by atoms with Gasteiger partial charge in [-0.2, -0.15) is 8.42 Å². The van der Waals surface area contributed by atoms with E-state index in [1.54, 1.807) is 30.3 Å². The summed E-state index contributed by atoms with van der Waals surface area (Å²) in [5.74, 6) is 1.02. The molecule has 0 spiro atoms. The molecule has 0 heterocycles. The number of Topliss-reactive ketones (excluding diaryl/α,β-unsaturated/α-hetero) is 1. The molecule has 0 aliphatic heterocycles. The maximum absolute atomic E-state index is 12.3. The minimum absolute atomic E-state index is 0.00855. The van der Waals surface area contributed by atoms with Gasteiger partial charge in [0, 0.05) is 12.3 Å². The molecule has 132 valence electrons. The standard InChI is InChI=1S/C19H26O4S/c1-14(13-23-24(21,22)15-7-4-3-5-8-15)16-10-11-17-18(20)9-6-12-19(16,17)2/h3-5,7-8,14,16-17H,6,9-13H2,1-2H3/t14-,16-,17+,19-/m1/s1. The Morgan fingerprint density at radius 3 is 2.67 bits per heavy atom. The summed E-state index contributed by atoms with van der Waals surface area (Å²) in [5, 5.41) is 0. The van der Waals surface area contributed by atoms with Crippen molar-refractivity contribution in [3.8, 4) is 0 Å². The normalized spacial score (nSPS) is 31.7. The van der Waals surface area contributed by atoms with Crippen LogP contribution < -0.4 is 0 Å². The summed E-state index contributed by atoms with van der Waals surface area (Å²) in [5.41, 5.74) is 0.00855. The maximum atomic E-state index is 12.3. The first-order valence-electron chi connectivity index (χ1n) is 8.82. The summed E-state index contributed by atoms with van der Waals surface area (Å²) in [7, 11) is -3.71. The minimum atomic E-state index is -3.71. The quantitative estimate of drug-likeness (QED) is 0.758. The Morgan fingerprint density at radius 2 is 1.96 bits per heavy atom. The SMILES string of the molecule is C[C@H](COS(=O)(=O)c1ccccc1)[C@H]1CC[C@H]2C(=O)CCC[C@]12C. The van der Waals surface area contributed by atoms with Gasteiger partial charge < -0.3 is 0 Å². The summed E-state index contributed by atoms with van der Waals surface area (Å²) in [6.07, 6.45) is 4.65. The average Bonchev–Trinajstić information content (AvgIpc) is 2.92. The Hall–Kier alpha value is -1.20. The third-order valence-electron chi connectivity index (χ3n) is 6.14. The first-order chi connectivity index (χ1) is 11.3. The fraction of sp³-hybridized carbons (Fsp3) is 0.632. The highest BCUT2D eigenvalue weighted by atomic mass is 32.2. The first-order valence-corrected chi connectivity index (χ1v) is 10.2. The molecule has 0 radical (unpaired) electrons. The highest BCUT2D eigenvalue weighted by Crippen LogP contribution is 2.56. The van der Waals surface area contributed by atoms with Crippen LogP contribution >= 0.6 is 0 Å². The maximum Gasteiger partial charge on any atom is 0.296 e. The molecule has 4 nitrogen and oxygen atoms in total. The summed E-state index contributed by atoms with van der Waals surface area (Å²) in [6, 6.07) is 8.26. The predicted octanol–water partition coefficient (Wildman–Crippen LogP) is 3.81. The Morgan fingerprint density at radius 1 is 1.25 bits per heavy atom. The van der Waals surface area contributed by atoms with E-state index in [2.05, 4.69) is 13.8 Å². The molecular weight excluding hydrogens is 324 g/mol. The van der Waals surface area contributed by atoms with Crippen LogP contribution in [0, 0.1) is 23.2 Å². The molecule has 0 saturated heterocycles. The highest BCUT2D eigenvalue weighted by Gasteiger charge is 2.52. The van der Waals surface area contributed by atoms with Gasteiger partial charge in [0.15, 0.2) is 0 Å². The zero-order chi connectivity index (χ0) is 17.4. The second-order valence-corrected chi connectivity index (χ2v) is 9.21. The Balaban J connectivity index is 1.67. The molecule has 2 aliphatic rings. The lowest BCUT2D eigenvalue weighted by Gasteiger charge is -2.42. The van der Waals surface area contributed by atoms with Crippen LogP contribution in [0.5, 0.6) is 0 Å². The van der Waals surface area contributed by atoms with E-state index in [4.69, 9.17) is 4.18 Å². The van der Waals surface area contributed by atoms with Gasteiger partial charge in [-0.1, -0.05) is 32.0 Å². The van der Waals surface area contributed by atoms with Crippen LogP contribution in [0.3, 0.4) is 0 Å². The Labute approximate surface area is 144 Å². The minimum Gasteiger partial charge on any atom is -0.299 e. The van der Waals surface area contributed by atoms with Crippen LogP contribution in [-0.2, 0) is 19.1 Å². The molecule has 5 heteroatoms.